The number of hydrogen-bond acceptors (Lipinski definition) is 3. The molecule has 0 saturated heterocycles. The molecule has 0 aliphatic carbocycles. The summed E-state index contributed by atoms with van der Waals surface area (Å²) in [4.78, 5) is 0. The first-order chi connectivity index (χ1) is 11.5. The lowest BCUT2D eigenvalue weighted by Gasteiger charge is -2.27. The van der Waals surface area contributed by atoms with Crippen LogP contribution in [0.4, 0.5) is 8.63 Å². The van der Waals surface area contributed by atoms with E-state index >= 15 is 0 Å². The van der Waals surface area contributed by atoms with Gasteiger partial charge in [0, 0.05) is 5.56 Å². The molecule has 0 aliphatic heterocycles. The largest absolute Gasteiger partial charge is 0.721 e. The molecule has 2 aromatic rings. The number of ether oxygens (including phenoxy) is 2. The Labute approximate surface area is 141 Å². The number of rotatable bonds is 7. The van der Waals surface area contributed by atoms with Gasteiger partial charge in [0.1, 0.15) is 17.1 Å². The first-order valence-corrected chi connectivity index (χ1v) is 7.41. The van der Waals surface area contributed by atoms with Gasteiger partial charge in [0.2, 0.25) is 0 Å². The summed E-state index contributed by atoms with van der Waals surface area (Å²) in [5.74, 6) is 1.09. The lowest BCUT2D eigenvalue weighted by molar-refractivity contribution is 0.103. The normalized spacial score (nSPS) is 14.0. The Balaban J connectivity index is 2.47. The summed E-state index contributed by atoms with van der Waals surface area (Å²) in [7, 11) is 0.111. The fraction of sp³-hybridized carbons (Fsp3) is 0.222. The van der Waals surface area contributed by atoms with Gasteiger partial charge in [-0.25, -0.2) is 0 Å². The molecule has 0 N–H and O–H groups in total. The highest BCUT2D eigenvalue weighted by Crippen LogP contribution is 2.33. The summed E-state index contributed by atoms with van der Waals surface area (Å²) < 4.78 is 41.4. The Kier molecular flexibility index (Phi) is 5.98. The van der Waals surface area contributed by atoms with Crippen LogP contribution in [-0.2, 0) is 15.0 Å². The van der Waals surface area contributed by atoms with E-state index in [1.807, 2.05) is 30.3 Å². The van der Waals surface area contributed by atoms with Gasteiger partial charge in [0.05, 0.1) is 14.2 Å². The molecule has 24 heavy (non-hydrogen) atoms. The van der Waals surface area contributed by atoms with Crippen LogP contribution in [0.5, 0.6) is 5.75 Å². The molecule has 0 spiro atoms. The molecule has 2 aromatic carbocycles. The Morgan fingerprint density at radius 3 is 2.12 bits per heavy atom. The lowest BCUT2D eigenvalue weighted by Crippen LogP contribution is -2.28. The van der Waals surface area contributed by atoms with Gasteiger partial charge in [-0.1, -0.05) is 42.5 Å². The van der Waals surface area contributed by atoms with Gasteiger partial charge in [0.25, 0.3) is 0 Å². The van der Waals surface area contributed by atoms with Crippen LogP contribution in [-0.4, -0.2) is 21.7 Å². The van der Waals surface area contributed by atoms with Gasteiger partial charge < -0.3 is 14.1 Å². The third-order valence-electron chi connectivity index (χ3n) is 3.68. The van der Waals surface area contributed by atoms with Crippen LogP contribution in [0, 0.1) is 0 Å². The van der Waals surface area contributed by atoms with Crippen LogP contribution in [0.25, 0.3) is 5.76 Å². The predicted octanol–water partition coefficient (Wildman–Crippen LogP) is 4.54. The molecule has 6 heteroatoms. The molecule has 0 radical (unpaired) electrons. The fourth-order valence-corrected chi connectivity index (χ4v) is 2.41. The first-order valence-electron chi connectivity index (χ1n) is 7.41. The van der Waals surface area contributed by atoms with Crippen molar-refractivity contribution in [3.8, 4) is 5.75 Å². The zero-order valence-electron chi connectivity index (χ0n) is 13.8. The maximum absolute atomic E-state index is 13.0. The van der Waals surface area contributed by atoms with Crippen molar-refractivity contribution in [1.29, 1.82) is 0 Å². The Hall–Kier alpha value is -2.34. The highest BCUT2D eigenvalue weighted by atomic mass is 19.2. The minimum Gasteiger partial charge on any atom is -0.497 e. The van der Waals surface area contributed by atoms with Gasteiger partial charge >= 0.3 is 7.47 Å². The highest BCUT2D eigenvalue weighted by molar-refractivity contribution is 6.34. The van der Waals surface area contributed by atoms with E-state index in [4.69, 9.17) is 14.1 Å². The van der Waals surface area contributed by atoms with E-state index in [0.717, 1.165) is 5.56 Å². The maximum atomic E-state index is 13.0. The average molecular weight is 332 g/mol. The third kappa shape index (κ3) is 4.35. The summed E-state index contributed by atoms with van der Waals surface area (Å²) >= 11 is 0. The summed E-state index contributed by atoms with van der Waals surface area (Å²) in [5.41, 5.74) is -0.0200. The van der Waals surface area contributed by atoms with Crippen molar-refractivity contribution >= 4 is 13.2 Å². The monoisotopic (exact) mass is 332 g/mol. The molecular formula is C18H19BF2O3. The van der Waals surface area contributed by atoms with E-state index in [1.54, 1.807) is 44.4 Å². The van der Waals surface area contributed by atoms with Gasteiger partial charge in [-0.3, -0.25) is 8.63 Å². The maximum Gasteiger partial charge on any atom is 0.721 e. The van der Waals surface area contributed by atoms with E-state index < -0.39 is 13.1 Å². The standard InChI is InChI=1S/C18H19BF2O3/c1-18(24-19(20)21,15-9-11-16(22-2)12-10-15)13-17(23-3)14-7-5-4-6-8-14/h4-13H,1-3H3/b17-13-. The topological polar surface area (TPSA) is 27.7 Å². The van der Waals surface area contributed by atoms with Crippen LogP contribution in [0.3, 0.4) is 0 Å². The molecule has 3 nitrogen and oxygen atoms in total. The zero-order valence-corrected chi connectivity index (χ0v) is 13.8. The molecule has 0 fully saturated rings. The molecule has 2 rings (SSSR count). The molecule has 0 bridgehead atoms. The second-order valence-corrected chi connectivity index (χ2v) is 5.29. The van der Waals surface area contributed by atoms with E-state index in [-0.39, 0.29) is 0 Å². The smallest absolute Gasteiger partial charge is 0.497 e. The number of hydrogen-bond donors (Lipinski definition) is 0. The van der Waals surface area contributed by atoms with Crippen LogP contribution in [0.2, 0.25) is 0 Å². The van der Waals surface area contributed by atoms with E-state index in [2.05, 4.69) is 0 Å². The van der Waals surface area contributed by atoms with E-state index in [1.165, 1.54) is 7.11 Å². The molecule has 0 heterocycles. The van der Waals surface area contributed by atoms with Crippen LogP contribution < -0.4 is 4.74 Å². The average Bonchev–Trinajstić information content (AvgIpc) is 2.60. The molecule has 126 valence electrons. The summed E-state index contributed by atoms with van der Waals surface area (Å²) in [6.07, 6.45) is 1.55. The van der Waals surface area contributed by atoms with Crippen molar-refractivity contribution in [2.45, 2.75) is 12.5 Å². The van der Waals surface area contributed by atoms with Crippen LogP contribution in [0.15, 0.2) is 60.7 Å². The second kappa shape index (κ2) is 7.97. The molecular weight excluding hydrogens is 313 g/mol. The minimum atomic E-state index is -2.93. The van der Waals surface area contributed by atoms with E-state index in [9.17, 15) is 8.63 Å². The third-order valence-corrected chi connectivity index (χ3v) is 3.68. The summed E-state index contributed by atoms with van der Waals surface area (Å²) in [6.45, 7) is 1.57. The first kappa shape index (κ1) is 18.0. The highest BCUT2D eigenvalue weighted by Gasteiger charge is 2.34. The van der Waals surface area contributed by atoms with Crippen molar-refractivity contribution in [2.24, 2.45) is 0 Å². The summed E-state index contributed by atoms with van der Waals surface area (Å²) in [6, 6.07) is 16.0. The van der Waals surface area contributed by atoms with Crippen molar-refractivity contribution < 1.29 is 22.8 Å². The predicted molar refractivity (Wildman–Crippen MR) is 90.8 cm³/mol. The Bertz CT molecular complexity index is 674. The molecule has 1 unspecified atom stereocenters. The van der Waals surface area contributed by atoms with Crippen molar-refractivity contribution in [3.05, 3.63) is 71.8 Å². The van der Waals surface area contributed by atoms with Gasteiger partial charge in [-0.15, -0.1) is 0 Å². The van der Waals surface area contributed by atoms with Crippen molar-refractivity contribution in [1.82, 2.24) is 0 Å². The van der Waals surface area contributed by atoms with Crippen molar-refractivity contribution in [2.75, 3.05) is 14.2 Å². The molecule has 1 atom stereocenters. The molecule has 0 aliphatic rings. The zero-order chi connectivity index (χ0) is 17.6. The molecule has 0 saturated carbocycles. The fourth-order valence-electron chi connectivity index (χ4n) is 2.41. The molecule has 0 aromatic heterocycles. The second-order valence-electron chi connectivity index (χ2n) is 5.29. The van der Waals surface area contributed by atoms with Gasteiger partial charge in [-0.05, 0) is 30.7 Å². The quantitative estimate of drug-likeness (QED) is 0.550. The lowest BCUT2D eigenvalue weighted by atomic mass is 9.92. The van der Waals surface area contributed by atoms with Gasteiger partial charge in [0.15, 0.2) is 0 Å². The summed E-state index contributed by atoms with van der Waals surface area (Å²) in [5, 5.41) is 0. The number of benzene rings is 2. The number of methoxy groups -OCH3 is 2. The van der Waals surface area contributed by atoms with Crippen LogP contribution in [0.1, 0.15) is 18.1 Å². The Morgan fingerprint density at radius 1 is 1.00 bits per heavy atom. The SMILES string of the molecule is CO/C(=C\C(C)(OB(F)F)c1ccc(OC)cc1)c1ccccc1. The molecule has 0 amide bonds. The van der Waals surface area contributed by atoms with Crippen LogP contribution >= 0.6 is 0 Å². The minimum absolute atomic E-state index is 0.453. The number of halogens is 2. The van der Waals surface area contributed by atoms with Crippen molar-refractivity contribution in [3.63, 3.8) is 0 Å². The Morgan fingerprint density at radius 2 is 1.62 bits per heavy atom. The van der Waals surface area contributed by atoms with E-state index in [0.29, 0.717) is 17.1 Å². The van der Waals surface area contributed by atoms with Gasteiger partial charge in [-0.2, -0.15) is 0 Å².